The number of amides is 2. The van der Waals surface area contributed by atoms with Gasteiger partial charge in [0.05, 0.1) is 26.9 Å². The lowest BCUT2D eigenvalue weighted by Crippen LogP contribution is -2.40. The lowest BCUT2D eigenvalue weighted by molar-refractivity contribution is -0.123. The number of ether oxygens (including phenoxy) is 4. The highest BCUT2D eigenvalue weighted by Crippen LogP contribution is 2.43. The van der Waals surface area contributed by atoms with E-state index in [-0.39, 0.29) is 24.2 Å². The molecule has 0 aliphatic carbocycles. The summed E-state index contributed by atoms with van der Waals surface area (Å²) in [5.41, 5.74) is 3.22. The van der Waals surface area contributed by atoms with Gasteiger partial charge < -0.3 is 33.6 Å². The normalized spacial score (nSPS) is 17.0. The first kappa shape index (κ1) is 26.8. The minimum absolute atomic E-state index is 0.136. The van der Waals surface area contributed by atoms with E-state index in [9.17, 15) is 9.59 Å². The molecule has 0 fully saturated rings. The molecule has 10 heteroatoms. The Morgan fingerprint density at radius 2 is 1.90 bits per heavy atom. The van der Waals surface area contributed by atoms with Crippen molar-refractivity contribution in [2.24, 2.45) is 0 Å². The molecule has 1 atom stereocenters. The smallest absolute Gasteiger partial charge is 0.290 e. The average molecular weight is 577 g/mol. The fourth-order valence-corrected chi connectivity index (χ4v) is 5.64. The molecule has 7 rings (SSSR count). The van der Waals surface area contributed by atoms with Crippen LogP contribution in [0.25, 0.3) is 11.0 Å². The van der Waals surface area contributed by atoms with Gasteiger partial charge in [-0.2, -0.15) is 0 Å². The van der Waals surface area contributed by atoms with Crippen LogP contribution in [0.3, 0.4) is 0 Å². The van der Waals surface area contributed by atoms with Crippen molar-refractivity contribution < 1.29 is 33.0 Å². The number of nitrogens with one attached hydrogen (secondary N) is 1. The lowest BCUT2D eigenvalue weighted by atomic mass is 9.87. The topological polar surface area (TPSA) is 99.5 Å². The summed E-state index contributed by atoms with van der Waals surface area (Å²) in [6.45, 7) is 1.17. The predicted molar refractivity (Wildman–Crippen MR) is 152 cm³/mol. The van der Waals surface area contributed by atoms with Crippen LogP contribution >= 0.6 is 11.6 Å². The Kier molecular flexibility index (Phi) is 7.36. The summed E-state index contributed by atoms with van der Waals surface area (Å²) in [4.78, 5) is 28.3. The minimum Gasteiger partial charge on any atom is -0.494 e. The van der Waals surface area contributed by atoms with Gasteiger partial charge in [-0.25, -0.2) is 0 Å². The largest absolute Gasteiger partial charge is 0.494 e. The molecule has 0 saturated carbocycles. The van der Waals surface area contributed by atoms with Crippen LogP contribution in [0.5, 0.6) is 23.0 Å². The molecule has 3 aromatic carbocycles. The van der Waals surface area contributed by atoms with Crippen molar-refractivity contribution in [3.8, 4) is 23.0 Å². The fourth-order valence-electron chi connectivity index (χ4n) is 5.42. The number of rotatable bonds is 3. The Hall–Kier alpha value is -4.37. The fraction of sp³-hybridized carbons (Fsp3) is 0.290. The molecule has 1 unspecified atom stereocenters. The summed E-state index contributed by atoms with van der Waals surface area (Å²) < 4.78 is 29.0. The van der Waals surface area contributed by atoms with E-state index in [1.165, 1.54) is 7.11 Å². The Bertz CT molecular complexity index is 1630. The number of carbonyl (C=O) groups is 2. The zero-order valence-electron chi connectivity index (χ0n) is 22.7. The number of carbonyl (C=O) groups excluding carboxylic acids is 2. The molecule has 1 aromatic heterocycles. The Balaban J connectivity index is 1.47. The third-order valence-electron chi connectivity index (χ3n) is 7.34. The molecule has 212 valence electrons. The van der Waals surface area contributed by atoms with Crippen LogP contribution in [0.2, 0.25) is 5.02 Å². The number of nitrogens with zero attached hydrogens (tertiary/aromatic N) is 1. The number of fused-ring (bicyclic) bond motifs is 9. The Morgan fingerprint density at radius 1 is 1.05 bits per heavy atom. The van der Waals surface area contributed by atoms with Crippen LogP contribution in [-0.2, 0) is 11.2 Å². The molecule has 1 N–H and O–H groups in total. The standard InChI is InChI=1S/C31H29ClN2O7/c1-37-24-16-23-18-7-9-34(31(36)27-14-20-11-21(32)15-26(38-2)30(20)41-27)29(23)19-5-3-6-22(12-19)39-10-4-8-33-28(35)17-40-25(24)13-18/h3,5-6,11-16,29H,4,7-10,17H2,1-2H3,(H,33,35). The molecule has 6 bridgehead atoms. The van der Waals surface area contributed by atoms with Gasteiger partial charge in [0.15, 0.2) is 35.2 Å². The van der Waals surface area contributed by atoms with Crippen LogP contribution < -0.4 is 24.3 Å². The van der Waals surface area contributed by atoms with Crippen LogP contribution in [0.4, 0.5) is 0 Å². The molecule has 3 aliphatic rings. The number of methoxy groups -OCH3 is 2. The maximum atomic E-state index is 14.1. The minimum atomic E-state index is -0.465. The number of benzene rings is 3. The summed E-state index contributed by atoms with van der Waals surface area (Å²) in [5, 5.41) is 4.01. The third-order valence-corrected chi connectivity index (χ3v) is 7.56. The molecule has 0 radical (unpaired) electrons. The van der Waals surface area contributed by atoms with Gasteiger partial charge in [-0.3, -0.25) is 9.59 Å². The second-order valence-electron chi connectivity index (χ2n) is 9.90. The number of halogens is 1. The summed E-state index contributed by atoms with van der Waals surface area (Å²) in [7, 11) is 3.08. The van der Waals surface area contributed by atoms with E-state index in [1.54, 1.807) is 30.2 Å². The third kappa shape index (κ3) is 5.25. The highest BCUT2D eigenvalue weighted by molar-refractivity contribution is 6.31. The van der Waals surface area contributed by atoms with Crippen LogP contribution in [0, 0.1) is 0 Å². The Labute approximate surface area is 241 Å². The molecular formula is C31H29ClN2O7. The van der Waals surface area contributed by atoms with E-state index < -0.39 is 6.04 Å². The maximum Gasteiger partial charge on any atom is 0.290 e. The maximum absolute atomic E-state index is 14.1. The molecule has 2 amide bonds. The van der Waals surface area contributed by atoms with Gasteiger partial charge in [-0.1, -0.05) is 23.7 Å². The van der Waals surface area contributed by atoms with Crippen LogP contribution in [0.15, 0.2) is 59.0 Å². The molecule has 9 nitrogen and oxygen atoms in total. The average Bonchev–Trinajstić information content (AvgIpc) is 3.41. The first-order valence-electron chi connectivity index (χ1n) is 13.4. The SMILES string of the molecule is COc1cc2c3cc1OCC(=O)NCCCOc1cccc(c1)C2N(C(=O)c1cc2cc(Cl)cc(OC)c2o1)CC3. The number of hydrogen-bond donors (Lipinski definition) is 1. The van der Waals surface area contributed by atoms with E-state index in [0.29, 0.717) is 71.5 Å². The molecule has 41 heavy (non-hydrogen) atoms. The molecule has 0 saturated heterocycles. The number of hydrogen-bond acceptors (Lipinski definition) is 7. The molecule has 4 heterocycles. The molecule has 4 aromatic rings. The highest BCUT2D eigenvalue weighted by atomic mass is 35.5. The first-order valence-corrected chi connectivity index (χ1v) is 13.7. The summed E-state index contributed by atoms with van der Waals surface area (Å²) in [6.07, 6.45) is 1.19. The highest BCUT2D eigenvalue weighted by Gasteiger charge is 2.35. The monoisotopic (exact) mass is 576 g/mol. The molecular weight excluding hydrogens is 548 g/mol. The first-order chi connectivity index (χ1) is 19.9. The van der Waals surface area contributed by atoms with E-state index in [4.69, 9.17) is 35.0 Å². The van der Waals surface area contributed by atoms with Crippen LogP contribution in [-0.4, -0.2) is 57.2 Å². The van der Waals surface area contributed by atoms with Gasteiger partial charge in [0.2, 0.25) is 0 Å². The van der Waals surface area contributed by atoms with Crippen molar-refractivity contribution >= 4 is 34.4 Å². The van der Waals surface area contributed by atoms with Crippen molar-refractivity contribution in [2.45, 2.75) is 18.9 Å². The summed E-state index contributed by atoms with van der Waals surface area (Å²) in [6, 6.07) is 16.1. The van der Waals surface area contributed by atoms with Gasteiger partial charge in [-0.05, 0) is 65.9 Å². The van der Waals surface area contributed by atoms with E-state index in [1.807, 2.05) is 36.4 Å². The lowest BCUT2D eigenvalue weighted by Gasteiger charge is -2.38. The van der Waals surface area contributed by atoms with Gasteiger partial charge in [0.25, 0.3) is 11.8 Å². The van der Waals surface area contributed by atoms with Gasteiger partial charge in [-0.15, -0.1) is 0 Å². The zero-order valence-corrected chi connectivity index (χ0v) is 23.5. The quantitative estimate of drug-likeness (QED) is 0.359. The Morgan fingerprint density at radius 3 is 2.73 bits per heavy atom. The van der Waals surface area contributed by atoms with Gasteiger partial charge in [0.1, 0.15) is 5.75 Å². The van der Waals surface area contributed by atoms with Crippen molar-refractivity contribution in [3.05, 3.63) is 82.1 Å². The summed E-state index contributed by atoms with van der Waals surface area (Å²) in [5.74, 6) is 1.76. The van der Waals surface area contributed by atoms with Crippen molar-refractivity contribution in [1.82, 2.24) is 10.2 Å². The predicted octanol–water partition coefficient (Wildman–Crippen LogP) is 5.17. The van der Waals surface area contributed by atoms with Crippen molar-refractivity contribution in [2.75, 3.05) is 40.5 Å². The van der Waals surface area contributed by atoms with Gasteiger partial charge >= 0.3 is 0 Å². The molecule has 3 aliphatic heterocycles. The van der Waals surface area contributed by atoms with E-state index in [0.717, 1.165) is 16.7 Å². The van der Waals surface area contributed by atoms with E-state index in [2.05, 4.69) is 5.32 Å². The van der Waals surface area contributed by atoms with Crippen LogP contribution in [0.1, 0.15) is 39.7 Å². The van der Waals surface area contributed by atoms with Crippen molar-refractivity contribution in [3.63, 3.8) is 0 Å². The van der Waals surface area contributed by atoms with Crippen molar-refractivity contribution in [1.29, 1.82) is 0 Å². The number of furan rings is 1. The molecule has 0 spiro atoms. The summed E-state index contributed by atoms with van der Waals surface area (Å²) >= 11 is 6.26. The second kappa shape index (κ2) is 11.2. The zero-order chi connectivity index (χ0) is 28.5. The van der Waals surface area contributed by atoms with E-state index >= 15 is 0 Å². The second-order valence-corrected chi connectivity index (χ2v) is 10.3. The van der Waals surface area contributed by atoms with Gasteiger partial charge in [0, 0.05) is 29.6 Å².